The van der Waals surface area contributed by atoms with E-state index < -0.39 is 0 Å². The Hall–Kier alpha value is -3.23. The number of fused-ring (bicyclic) bond motifs is 1. The van der Waals surface area contributed by atoms with E-state index in [-0.39, 0.29) is 0 Å². The summed E-state index contributed by atoms with van der Waals surface area (Å²) in [6.07, 6.45) is 4.61. The molecule has 4 aromatic rings. The summed E-state index contributed by atoms with van der Waals surface area (Å²) in [6.45, 7) is 3.92. The standard InChI is InChI=1S/C30H34BrN3O4/c1-35-26-17-22(18-27(36-2)29(26)37-3)30-32-25-19-23(38-14-13-34-11-7-4-8-12-34)16-21(28(25)33-30)15-20-9-5-6-10-24(20)31/h5-6,9-10,16-19H,4,7-8,11-15H2,1-3H3,(H,32,33). The van der Waals surface area contributed by atoms with Crippen molar-refractivity contribution in [1.82, 2.24) is 14.9 Å². The molecule has 1 aliphatic heterocycles. The normalized spacial score (nSPS) is 14.0. The zero-order chi connectivity index (χ0) is 26.5. The smallest absolute Gasteiger partial charge is 0.203 e. The zero-order valence-corrected chi connectivity index (χ0v) is 23.8. The lowest BCUT2D eigenvalue weighted by Gasteiger charge is -2.26. The second kappa shape index (κ2) is 12.1. The highest BCUT2D eigenvalue weighted by Crippen LogP contribution is 2.41. The minimum absolute atomic E-state index is 0.550. The van der Waals surface area contributed by atoms with Crippen molar-refractivity contribution in [3.8, 4) is 34.4 Å². The van der Waals surface area contributed by atoms with Crippen molar-refractivity contribution in [3.05, 3.63) is 64.1 Å². The molecule has 0 unspecified atom stereocenters. The second-order valence-electron chi connectivity index (χ2n) is 9.50. The van der Waals surface area contributed by atoms with Crippen LogP contribution in [0.25, 0.3) is 22.4 Å². The molecule has 8 heteroatoms. The van der Waals surface area contributed by atoms with Crippen molar-refractivity contribution in [2.24, 2.45) is 0 Å². The lowest BCUT2D eigenvalue weighted by Crippen LogP contribution is -2.33. The monoisotopic (exact) mass is 579 g/mol. The summed E-state index contributed by atoms with van der Waals surface area (Å²) in [6, 6.07) is 16.3. The molecule has 1 N–H and O–H groups in total. The highest BCUT2D eigenvalue weighted by Gasteiger charge is 2.18. The molecule has 1 saturated heterocycles. The van der Waals surface area contributed by atoms with Crippen LogP contribution in [0.2, 0.25) is 0 Å². The topological polar surface area (TPSA) is 68.8 Å². The highest BCUT2D eigenvalue weighted by molar-refractivity contribution is 9.10. The number of hydrogen-bond acceptors (Lipinski definition) is 6. The third kappa shape index (κ3) is 5.76. The number of imidazole rings is 1. The minimum Gasteiger partial charge on any atom is -0.493 e. The molecule has 2 heterocycles. The maximum Gasteiger partial charge on any atom is 0.203 e. The molecule has 0 bridgehead atoms. The fourth-order valence-electron chi connectivity index (χ4n) is 5.06. The third-order valence-corrected chi connectivity index (χ3v) is 7.81. The molecule has 0 aliphatic carbocycles. The minimum atomic E-state index is 0.550. The van der Waals surface area contributed by atoms with Gasteiger partial charge in [-0.2, -0.15) is 0 Å². The Balaban J connectivity index is 1.51. The Morgan fingerprint density at radius 1 is 0.895 bits per heavy atom. The van der Waals surface area contributed by atoms with Crippen molar-refractivity contribution in [3.63, 3.8) is 0 Å². The second-order valence-corrected chi connectivity index (χ2v) is 10.4. The third-order valence-electron chi connectivity index (χ3n) is 7.04. The van der Waals surface area contributed by atoms with E-state index in [9.17, 15) is 0 Å². The van der Waals surface area contributed by atoms with Gasteiger partial charge >= 0.3 is 0 Å². The number of nitrogens with zero attached hydrogens (tertiary/aromatic N) is 2. The first-order chi connectivity index (χ1) is 18.6. The van der Waals surface area contributed by atoms with Gasteiger partial charge in [-0.3, -0.25) is 4.90 Å². The average molecular weight is 581 g/mol. The van der Waals surface area contributed by atoms with Gasteiger partial charge in [0, 0.05) is 29.1 Å². The molecule has 3 aromatic carbocycles. The van der Waals surface area contributed by atoms with Gasteiger partial charge in [0.25, 0.3) is 0 Å². The number of rotatable bonds is 10. The summed E-state index contributed by atoms with van der Waals surface area (Å²) in [5.41, 5.74) is 4.96. The van der Waals surface area contributed by atoms with Crippen molar-refractivity contribution < 1.29 is 18.9 Å². The summed E-state index contributed by atoms with van der Waals surface area (Å²) in [4.78, 5) is 11.0. The van der Waals surface area contributed by atoms with Gasteiger partial charge in [-0.15, -0.1) is 0 Å². The number of halogens is 1. The predicted octanol–water partition coefficient (Wildman–Crippen LogP) is 6.47. The number of benzene rings is 3. The summed E-state index contributed by atoms with van der Waals surface area (Å²) in [5, 5.41) is 0. The first-order valence-corrected chi connectivity index (χ1v) is 13.8. The van der Waals surface area contributed by atoms with Crippen LogP contribution >= 0.6 is 15.9 Å². The Bertz CT molecular complexity index is 1370. The molecule has 0 spiro atoms. The van der Waals surface area contributed by atoms with Crippen molar-refractivity contribution in [2.75, 3.05) is 47.6 Å². The fraction of sp³-hybridized carbons (Fsp3) is 0.367. The Kier molecular flexibility index (Phi) is 8.39. The van der Waals surface area contributed by atoms with Crippen LogP contribution < -0.4 is 18.9 Å². The fourth-order valence-corrected chi connectivity index (χ4v) is 5.48. The van der Waals surface area contributed by atoms with E-state index in [0.717, 1.165) is 64.3 Å². The Morgan fingerprint density at radius 2 is 1.63 bits per heavy atom. The predicted molar refractivity (Wildman–Crippen MR) is 154 cm³/mol. The Morgan fingerprint density at radius 3 is 2.32 bits per heavy atom. The van der Waals surface area contributed by atoms with Gasteiger partial charge in [-0.05, 0) is 61.3 Å². The number of ether oxygens (including phenoxy) is 4. The molecule has 1 aromatic heterocycles. The van der Waals surface area contributed by atoms with Gasteiger partial charge in [0.15, 0.2) is 11.5 Å². The van der Waals surface area contributed by atoms with E-state index in [4.69, 9.17) is 23.9 Å². The summed E-state index contributed by atoms with van der Waals surface area (Å²) in [5.74, 6) is 3.28. The number of aromatic nitrogens is 2. The largest absolute Gasteiger partial charge is 0.493 e. The summed E-state index contributed by atoms with van der Waals surface area (Å²) < 4.78 is 24.0. The maximum atomic E-state index is 6.29. The van der Waals surface area contributed by atoms with E-state index in [2.05, 4.69) is 50.1 Å². The van der Waals surface area contributed by atoms with E-state index in [0.29, 0.717) is 23.9 Å². The van der Waals surface area contributed by atoms with Gasteiger partial charge in [-0.1, -0.05) is 40.5 Å². The quantitative estimate of drug-likeness (QED) is 0.232. The number of aromatic amines is 1. The Labute approximate surface area is 232 Å². The lowest BCUT2D eigenvalue weighted by molar-refractivity contribution is 0.183. The molecule has 0 saturated carbocycles. The van der Waals surface area contributed by atoms with Crippen LogP contribution in [0, 0.1) is 0 Å². The van der Waals surface area contributed by atoms with E-state index in [1.165, 1.54) is 24.8 Å². The molecule has 38 heavy (non-hydrogen) atoms. The number of nitrogens with one attached hydrogen (secondary N) is 1. The molecular formula is C30H34BrN3O4. The summed E-state index contributed by atoms with van der Waals surface area (Å²) in [7, 11) is 4.83. The molecule has 200 valence electrons. The van der Waals surface area contributed by atoms with Gasteiger partial charge in [-0.25, -0.2) is 4.98 Å². The molecule has 1 fully saturated rings. The molecule has 1 aliphatic rings. The molecule has 5 rings (SSSR count). The van der Waals surface area contributed by atoms with Crippen LogP contribution in [-0.4, -0.2) is 62.4 Å². The van der Waals surface area contributed by atoms with Gasteiger partial charge in [0.2, 0.25) is 5.75 Å². The van der Waals surface area contributed by atoms with Crippen molar-refractivity contribution in [2.45, 2.75) is 25.7 Å². The molecule has 7 nitrogen and oxygen atoms in total. The number of likely N-dealkylation sites (tertiary alicyclic amines) is 1. The average Bonchev–Trinajstić information content (AvgIpc) is 3.38. The van der Waals surface area contributed by atoms with Crippen molar-refractivity contribution >= 4 is 27.0 Å². The van der Waals surface area contributed by atoms with Gasteiger partial charge in [0.05, 0.1) is 32.4 Å². The number of methoxy groups -OCH3 is 3. The summed E-state index contributed by atoms with van der Waals surface area (Å²) >= 11 is 3.70. The van der Waals surface area contributed by atoms with Crippen molar-refractivity contribution in [1.29, 1.82) is 0 Å². The molecule has 0 atom stereocenters. The maximum absolute atomic E-state index is 6.29. The van der Waals surface area contributed by atoms with E-state index in [1.54, 1.807) is 21.3 Å². The van der Waals surface area contributed by atoms with Gasteiger partial charge < -0.3 is 23.9 Å². The van der Waals surface area contributed by atoms with Crippen LogP contribution in [-0.2, 0) is 6.42 Å². The molecular weight excluding hydrogens is 546 g/mol. The van der Waals surface area contributed by atoms with Crippen LogP contribution in [0.5, 0.6) is 23.0 Å². The van der Waals surface area contributed by atoms with E-state index in [1.807, 2.05) is 24.3 Å². The van der Waals surface area contributed by atoms with Gasteiger partial charge in [0.1, 0.15) is 18.2 Å². The number of piperidine rings is 1. The SMILES string of the molecule is COc1cc(-c2nc3c(Cc4ccccc4Br)cc(OCCN4CCCCC4)cc3[nH]2)cc(OC)c1OC. The van der Waals surface area contributed by atoms with Crippen LogP contribution in [0.4, 0.5) is 0 Å². The first-order valence-electron chi connectivity index (χ1n) is 13.0. The lowest BCUT2D eigenvalue weighted by atomic mass is 10.0. The van der Waals surface area contributed by atoms with Crippen LogP contribution in [0.1, 0.15) is 30.4 Å². The first kappa shape index (κ1) is 26.4. The zero-order valence-electron chi connectivity index (χ0n) is 22.2. The molecule has 0 radical (unpaired) electrons. The van der Waals surface area contributed by atoms with E-state index >= 15 is 0 Å². The molecule has 0 amide bonds. The van der Waals surface area contributed by atoms with Crippen LogP contribution in [0.3, 0.4) is 0 Å². The number of H-pyrrole nitrogens is 1. The highest BCUT2D eigenvalue weighted by atomic mass is 79.9. The number of hydrogen-bond donors (Lipinski definition) is 1. The van der Waals surface area contributed by atoms with Crippen LogP contribution in [0.15, 0.2) is 53.0 Å².